The van der Waals surface area contributed by atoms with E-state index in [1.165, 1.54) is 0 Å². The van der Waals surface area contributed by atoms with E-state index in [2.05, 4.69) is 37.8 Å². The van der Waals surface area contributed by atoms with Crippen LogP contribution < -0.4 is 16.0 Å². The second kappa shape index (κ2) is 11.1. The van der Waals surface area contributed by atoms with Gasteiger partial charge in [-0.15, -0.1) is 0 Å². The maximum atomic E-state index is 13.5. The van der Waals surface area contributed by atoms with Crippen molar-refractivity contribution in [3.8, 4) is 11.8 Å². The van der Waals surface area contributed by atoms with Crippen LogP contribution in [0, 0.1) is 11.8 Å². The van der Waals surface area contributed by atoms with Crippen LogP contribution in [0.4, 0.5) is 29.3 Å². The van der Waals surface area contributed by atoms with Crippen molar-refractivity contribution >= 4 is 49.2 Å². The number of carbonyl (C=O) groups is 1. The SMILES string of the molecule is O=C(NCC#Cc1cc2c(NC3CCS(=O)(=O)CC3)cccc2n1CC(F)(F)F)Nc1ccc2nccnc2c1. The van der Waals surface area contributed by atoms with Crippen molar-refractivity contribution in [2.75, 3.05) is 28.7 Å². The molecule has 0 spiro atoms. The molecule has 0 radical (unpaired) electrons. The van der Waals surface area contributed by atoms with E-state index in [-0.39, 0.29) is 29.8 Å². The van der Waals surface area contributed by atoms with Crippen LogP contribution in [-0.2, 0) is 16.4 Å². The molecule has 1 saturated heterocycles. The molecule has 9 nitrogen and oxygen atoms in total. The van der Waals surface area contributed by atoms with Crippen molar-refractivity contribution in [2.24, 2.45) is 0 Å². The fraction of sp³-hybridized carbons (Fsp3) is 0.296. The first kappa shape index (κ1) is 27.3. The maximum absolute atomic E-state index is 13.5. The number of rotatable bonds is 5. The van der Waals surface area contributed by atoms with Crippen molar-refractivity contribution < 1.29 is 26.4 Å². The summed E-state index contributed by atoms with van der Waals surface area (Å²) in [6, 6.07) is 11.0. The largest absolute Gasteiger partial charge is 0.406 e. The lowest BCUT2D eigenvalue weighted by molar-refractivity contribution is -0.140. The van der Waals surface area contributed by atoms with Crippen molar-refractivity contribution in [1.29, 1.82) is 0 Å². The summed E-state index contributed by atoms with van der Waals surface area (Å²) in [6.07, 6.45) is -0.519. The number of anilines is 2. The van der Waals surface area contributed by atoms with Crippen molar-refractivity contribution in [3.05, 3.63) is 60.6 Å². The van der Waals surface area contributed by atoms with Gasteiger partial charge < -0.3 is 20.5 Å². The van der Waals surface area contributed by atoms with Crippen LogP contribution in [0.5, 0.6) is 0 Å². The molecule has 40 heavy (non-hydrogen) atoms. The minimum Gasteiger partial charge on any atom is -0.382 e. The van der Waals surface area contributed by atoms with Gasteiger partial charge in [0.25, 0.3) is 0 Å². The molecule has 5 rings (SSSR count). The molecule has 1 aliphatic rings. The molecule has 13 heteroatoms. The number of halogens is 3. The lowest BCUT2D eigenvalue weighted by Crippen LogP contribution is -2.32. The summed E-state index contributed by atoms with van der Waals surface area (Å²) in [5, 5.41) is 9.08. The number of carbonyl (C=O) groups excluding carboxylic acids is 1. The monoisotopic (exact) mass is 570 g/mol. The average Bonchev–Trinajstić information content (AvgIpc) is 3.24. The number of hydrogen-bond acceptors (Lipinski definition) is 6. The second-order valence-corrected chi connectivity index (χ2v) is 11.7. The Labute approximate surface area is 228 Å². The minimum atomic E-state index is -4.48. The van der Waals surface area contributed by atoms with Gasteiger partial charge in [0.1, 0.15) is 16.4 Å². The van der Waals surface area contributed by atoms with E-state index < -0.39 is 28.6 Å². The molecule has 3 heterocycles. The smallest absolute Gasteiger partial charge is 0.382 e. The van der Waals surface area contributed by atoms with Gasteiger partial charge in [0, 0.05) is 35.2 Å². The number of fused-ring (bicyclic) bond motifs is 2. The number of urea groups is 1. The van der Waals surface area contributed by atoms with Gasteiger partial charge in [0.2, 0.25) is 0 Å². The minimum absolute atomic E-state index is 0.0714. The van der Waals surface area contributed by atoms with Crippen LogP contribution in [0.15, 0.2) is 54.9 Å². The Hall–Kier alpha value is -4.31. The van der Waals surface area contributed by atoms with E-state index in [1.807, 2.05) is 0 Å². The van der Waals surface area contributed by atoms with Gasteiger partial charge in [-0.05, 0) is 55.2 Å². The van der Waals surface area contributed by atoms with E-state index in [0.29, 0.717) is 46.2 Å². The van der Waals surface area contributed by atoms with Crippen LogP contribution in [0.1, 0.15) is 18.5 Å². The Morgan fingerprint density at radius 2 is 1.80 bits per heavy atom. The normalized spacial score (nSPS) is 15.4. The quantitative estimate of drug-likeness (QED) is 0.308. The molecule has 0 aliphatic carbocycles. The Kier molecular flexibility index (Phi) is 7.53. The first-order chi connectivity index (χ1) is 19.1. The predicted molar refractivity (Wildman–Crippen MR) is 147 cm³/mol. The summed E-state index contributed by atoms with van der Waals surface area (Å²) in [5.41, 5.74) is 2.89. The van der Waals surface area contributed by atoms with E-state index in [1.54, 1.807) is 54.9 Å². The highest BCUT2D eigenvalue weighted by Gasteiger charge is 2.30. The highest BCUT2D eigenvalue weighted by atomic mass is 32.2. The molecule has 0 unspecified atom stereocenters. The second-order valence-electron chi connectivity index (χ2n) is 9.41. The van der Waals surface area contributed by atoms with Gasteiger partial charge in [-0.25, -0.2) is 13.2 Å². The number of alkyl halides is 3. The Bertz CT molecular complexity index is 1730. The van der Waals surface area contributed by atoms with Crippen molar-refractivity contribution in [1.82, 2.24) is 19.9 Å². The molecular weight excluding hydrogens is 545 g/mol. The topological polar surface area (TPSA) is 118 Å². The van der Waals surface area contributed by atoms with Gasteiger partial charge in [-0.1, -0.05) is 12.0 Å². The van der Waals surface area contributed by atoms with E-state index >= 15 is 0 Å². The fourth-order valence-corrected chi connectivity index (χ4v) is 6.08. The third kappa shape index (κ3) is 6.63. The summed E-state index contributed by atoms with van der Waals surface area (Å²) >= 11 is 0. The highest BCUT2D eigenvalue weighted by Crippen LogP contribution is 2.31. The summed E-state index contributed by atoms with van der Waals surface area (Å²) in [4.78, 5) is 20.7. The van der Waals surface area contributed by atoms with E-state index in [4.69, 9.17) is 0 Å². The Morgan fingerprint density at radius 1 is 1.05 bits per heavy atom. The molecule has 0 bridgehead atoms. The van der Waals surface area contributed by atoms with Gasteiger partial charge in [0.05, 0.1) is 40.3 Å². The predicted octanol–water partition coefficient (Wildman–Crippen LogP) is 4.31. The number of hydrogen-bond donors (Lipinski definition) is 3. The van der Waals surface area contributed by atoms with Crippen molar-refractivity contribution in [2.45, 2.75) is 31.6 Å². The zero-order valence-corrected chi connectivity index (χ0v) is 21.9. The van der Waals surface area contributed by atoms with E-state index in [0.717, 1.165) is 4.57 Å². The molecule has 2 amide bonds. The zero-order valence-electron chi connectivity index (χ0n) is 21.1. The third-order valence-corrected chi connectivity index (χ3v) is 8.19. The van der Waals surface area contributed by atoms with Gasteiger partial charge in [-0.3, -0.25) is 9.97 Å². The fourth-order valence-electron chi connectivity index (χ4n) is 4.59. The first-order valence-corrected chi connectivity index (χ1v) is 14.3. The number of amides is 2. The average molecular weight is 571 g/mol. The van der Waals surface area contributed by atoms with Gasteiger partial charge in [-0.2, -0.15) is 13.2 Å². The summed E-state index contributed by atoms with van der Waals surface area (Å²) in [6.45, 7) is -1.33. The molecule has 208 valence electrons. The number of nitrogens with zero attached hydrogens (tertiary/aromatic N) is 3. The summed E-state index contributed by atoms with van der Waals surface area (Å²) in [5.74, 6) is 5.62. The number of nitrogens with one attached hydrogen (secondary N) is 3. The lowest BCUT2D eigenvalue weighted by atomic mass is 10.1. The molecule has 3 N–H and O–H groups in total. The number of aromatic nitrogens is 3. The third-order valence-electron chi connectivity index (χ3n) is 6.48. The van der Waals surface area contributed by atoms with Crippen molar-refractivity contribution in [3.63, 3.8) is 0 Å². The number of sulfone groups is 1. The lowest BCUT2D eigenvalue weighted by Gasteiger charge is -2.24. The Morgan fingerprint density at radius 3 is 2.55 bits per heavy atom. The van der Waals surface area contributed by atoms with Crippen LogP contribution >= 0.6 is 0 Å². The molecule has 0 saturated carbocycles. The van der Waals surface area contributed by atoms with Crippen LogP contribution in [0.3, 0.4) is 0 Å². The number of benzene rings is 2. The molecule has 1 fully saturated rings. The highest BCUT2D eigenvalue weighted by molar-refractivity contribution is 7.91. The van der Waals surface area contributed by atoms with Crippen LogP contribution in [-0.4, -0.2) is 59.3 Å². The zero-order chi connectivity index (χ0) is 28.3. The molecule has 4 aromatic rings. The molecule has 2 aromatic carbocycles. The molecule has 0 atom stereocenters. The molecular formula is C27H25F3N6O3S. The van der Waals surface area contributed by atoms with Crippen LogP contribution in [0.25, 0.3) is 21.9 Å². The maximum Gasteiger partial charge on any atom is 0.406 e. The van der Waals surface area contributed by atoms with E-state index in [9.17, 15) is 26.4 Å². The first-order valence-electron chi connectivity index (χ1n) is 12.5. The standard InChI is InChI=1S/C27H25F3N6O3S/c28-27(29,30)17-36-20(3-2-10-33-26(37)35-19-6-7-23-24(15-19)32-12-11-31-23)16-21-22(4-1-5-25(21)36)34-18-8-13-40(38,39)14-9-18/h1,4-7,11-12,15-16,18,34H,8-10,13-14,17H2,(H2,33,35,37). The van der Waals surface area contributed by atoms with Crippen LogP contribution in [0.2, 0.25) is 0 Å². The summed E-state index contributed by atoms with van der Waals surface area (Å²) < 4.78 is 65.0. The van der Waals surface area contributed by atoms with Gasteiger partial charge in [0.15, 0.2) is 0 Å². The Balaban J connectivity index is 1.31. The summed E-state index contributed by atoms with van der Waals surface area (Å²) in [7, 11) is -3.05. The molecule has 1 aliphatic heterocycles. The molecule has 2 aromatic heterocycles. The van der Waals surface area contributed by atoms with Gasteiger partial charge >= 0.3 is 12.2 Å².